The first kappa shape index (κ1) is 12.9. The Morgan fingerprint density at radius 3 is 2.48 bits per heavy atom. The van der Waals surface area contributed by atoms with Crippen molar-refractivity contribution in [3.63, 3.8) is 0 Å². The Bertz CT molecular complexity index is 817. The smallest absolute Gasteiger partial charge is 0.271 e. The average Bonchev–Trinajstić information content (AvgIpc) is 2.48. The molecule has 21 heavy (non-hydrogen) atoms. The van der Waals surface area contributed by atoms with Crippen molar-refractivity contribution in [1.29, 1.82) is 0 Å². The number of rotatable bonds is 3. The largest absolute Gasteiger partial charge is 0.397 e. The Labute approximate surface area is 120 Å². The summed E-state index contributed by atoms with van der Waals surface area (Å²) in [5, 5.41) is 3.05. The SMILES string of the molecule is NC(=O)c1nc2c(N)cccc2nc1Nc1ccccc1. The second kappa shape index (κ2) is 5.09. The van der Waals surface area contributed by atoms with Gasteiger partial charge in [-0.1, -0.05) is 24.3 Å². The number of aromatic nitrogens is 2. The summed E-state index contributed by atoms with van der Waals surface area (Å²) in [5.74, 6) is -0.349. The Morgan fingerprint density at radius 1 is 1.00 bits per heavy atom. The van der Waals surface area contributed by atoms with Crippen LogP contribution in [-0.4, -0.2) is 15.9 Å². The molecule has 3 aromatic rings. The molecule has 5 N–H and O–H groups in total. The van der Waals surface area contributed by atoms with E-state index >= 15 is 0 Å². The number of hydrogen-bond acceptors (Lipinski definition) is 5. The quantitative estimate of drug-likeness (QED) is 0.636. The summed E-state index contributed by atoms with van der Waals surface area (Å²) in [6.07, 6.45) is 0. The molecular formula is C15H13N5O. The van der Waals surface area contributed by atoms with Crippen molar-refractivity contribution in [3.8, 4) is 0 Å². The number of primary amides is 1. The number of anilines is 3. The number of carbonyl (C=O) groups is 1. The molecule has 0 saturated heterocycles. The van der Waals surface area contributed by atoms with Crippen molar-refractivity contribution < 1.29 is 4.79 Å². The Morgan fingerprint density at radius 2 is 1.76 bits per heavy atom. The van der Waals surface area contributed by atoms with Gasteiger partial charge in [-0.15, -0.1) is 0 Å². The number of nitrogens with two attached hydrogens (primary N) is 2. The highest BCUT2D eigenvalue weighted by atomic mass is 16.1. The molecule has 6 heteroatoms. The van der Waals surface area contributed by atoms with Crippen LogP contribution in [0.4, 0.5) is 17.2 Å². The van der Waals surface area contributed by atoms with Gasteiger partial charge in [0.05, 0.1) is 11.2 Å². The minimum atomic E-state index is -0.661. The Balaban J connectivity index is 2.16. The highest BCUT2D eigenvalue weighted by Gasteiger charge is 2.15. The van der Waals surface area contributed by atoms with Crippen molar-refractivity contribution in [2.24, 2.45) is 5.73 Å². The molecule has 0 spiro atoms. The van der Waals surface area contributed by atoms with Gasteiger partial charge < -0.3 is 16.8 Å². The van der Waals surface area contributed by atoms with E-state index in [2.05, 4.69) is 15.3 Å². The summed E-state index contributed by atoms with van der Waals surface area (Å²) in [5.41, 5.74) is 13.6. The van der Waals surface area contributed by atoms with E-state index in [1.807, 2.05) is 30.3 Å². The molecular weight excluding hydrogens is 266 g/mol. The van der Waals surface area contributed by atoms with E-state index in [-0.39, 0.29) is 5.69 Å². The molecule has 1 aromatic heterocycles. The van der Waals surface area contributed by atoms with Crippen molar-refractivity contribution in [2.75, 3.05) is 11.1 Å². The normalized spacial score (nSPS) is 10.5. The van der Waals surface area contributed by atoms with Gasteiger partial charge in [-0.05, 0) is 24.3 Å². The molecule has 1 amide bonds. The fourth-order valence-corrected chi connectivity index (χ4v) is 2.02. The number of nitrogens with zero attached hydrogens (tertiary/aromatic N) is 2. The predicted molar refractivity (Wildman–Crippen MR) is 82.2 cm³/mol. The van der Waals surface area contributed by atoms with Crippen LogP contribution in [0.2, 0.25) is 0 Å². The molecule has 2 aromatic carbocycles. The predicted octanol–water partition coefficient (Wildman–Crippen LogP) is 2.05. The van der Waals surface area contributed by atoms with Crippen LogP contribution in [0.25, 0.3) is 11.0 Å². The van der Waals surface area contributed by atoms with Crippen LogP contribution in [0.1, 0.15) is 10.5 Å². The summed E-state index contributed by atoms with van der Waals surface area (Å²) < 4.78 is 0. The fraction of sp³-hybridized carbons (Fsp3) is 0. The van der Waals surface area contributed by atoms with Crippen molar-refractivity contribution in [2.45, 2.75) is 0 Å². The maximum absolute atomic E-state index is 11.6. The van der Waals surface area contributed by atoms with E-state index in [1.165, 1.54) is 0 Å². The first-order valence-electron chi connectivity index (χ1n) is 6.33. The van der Waals surface area contributed by atoms with Crippen LogP contribution in [-0.2, 0) is 0 Å². The van der Waals surface area contributed by atoms with Crippen LogP contribution < -0.4 is 16.8 Å². The summed E-state index contributed by atoms with van der Waals surface area (Å²) >= 11 is 0. The number of hydrogen-bond donors (Lipinski definition) is 3. The minimum absolute atomic E-state index is 0.0595. The van der Waals surface area contributed by atoms with Gasteiger partial charge in [0, 0.05) is 5.69 Å². The molecule has 0 atom stereocenters. The zero-order chi connectivity index (χ0) is 14.8. The lowest BCUT2D eigenvalue weighted by atomic mass is 10.2. The van der Waals surface area contributed by atoms with Gasteiger partial charge in [0.1, 0.15) is 5.52 Å². The maximum atomic E-state index is 11.6. The number of benzene rings is 2. The van der Waals surface area contributed by atoms with Gasteiger partial charge in [0.25, 0.3) is 5.91 Å². The van der Waals surface area contributed by atoms with Gasteiger partial charge >= 0.3 is 0 Å². The van der Waals surface area contributed by atoms with E-state index in [1.54, 1.807) is 18.2 Å². The average molecular weight is 279 g/mol. The number of nitrogens with one attached hydrogen (secondary N) is 1. The van der Waals surface area contributed by atoms with Crippen molar-refractivity contribution >= 4 is 34.1 Å². The van der Waals surface area contributed by atoms with Gasteiger partial charge in [-0.3, -0.25) is 4.79 Å². The number of para-hydroxylation sites is 2. The third-order valence-corrected chi connectivity index (χ3v) is 3.00. The minimum Gasteiger partial charge on any atom is -0.397 e. The third kappa shape index (κ3) is 2.46. The zero-order valence-electron chi connectivity index (χ0n) is 11.1. The van der Waals surface area contributed by atoms with Crippen molar-refractivity contribution in [3.05, 3.63) is 54.2 Å². The van der Waals surface area contributed by atoms with Gasteiger partial charge in [-0.25, -0.2) is 9.97 Å². The first-order valence-corrected chi connectivity index (χ1v) is 6.33. The second-order valence-corrected chi connectivity index (χ2v) is 4.49. The number of fused-ring (bicyclic) bond motifs is 1. The maximum Gasteiger partial charge on any atom is 0.271 e. The number of nitrogen functional groups attached to an aromatic ring is 1. The highest BCUT2D eigenvalue weighted by Crippen LogP contribution is 2.23. The molecule has 0 aliphatic carbocycles. The molecule has 0 aliphatic heterocycles. The van der Waals surface area contributed by atoms with Crippen LogP contribution >= 0.6 is 0 Å². The Hall–Kier alpha value is -3.15. The lowest BCUT2D eigenvalue weighted by Gasteiger charge is -2.10. The van der Waals surface area contributed by atoms with Crippen LogP contribution in [0.3, 0.4) is 0 Å². The van der Waals surface area contributed by atoms with Gasteiger partial charge in [-0.2, -0.15) is 0 Å². The number of amides is 1. The first-order chi connectivity index (χ1) is 10.1. The molecule has 0 aliphatic rings. The highest BCUT2D eigenvalue weighted by molar-refractivity contribution is 6.00. The van der Waals surface area contributed by atoms with E-state index in [0.29, 0.717) is 22.5 Å². The van der Waals surface area contributed by atoms with E-state index in [9.17, 15) is 4.79 Å². The van der Waals surface area contributed by atoms with E-state index < -0.39 is 5.91 Å². The molecule has 0 radical (unpaired) electrons. The standard InChI is InChI=1S/C15H13N5O/c16-10-7-4-8-11-12(10)20-13(14(17)21)15(19-11)18-9-5-2-1-3-6-9/h1-8H,16H2,(H2,17,21)(H,18,19). The summed E-state index contributed by atoms with van der Waals surface area (Å²) in [7, 11) is 0. The summed E-state index contributed by atoms with van der Waals surface area (Å²) in [4.78, 5) is 20.2. The van der Waals surface area contributed by atoms with Crippen LogP contribution in [0.5, 0.6) is 0 Å². The fourth-order valence-electron chi connectivity index (χ4n) is 2.02. The molecule has 0 saturated carbocycles. The van der Waals surface area contributed by atoms with E-state index in [0.717, 1.165) is 5.69 Å². The molecule has 1 heterocycles. The van der Waals surface area contributed by atoms with Gasteiger partial charge in [0.15, 0.2) is 11.5 Å². The van der Waals surface area contributed by atoms with Crippen molar-refractivity contribution in [1.82, 2.24) is 9.97 Å². The lowest BCUT2D eigenvalue weighted by molar-refractivity contribution is 0.0996. The second-order valence-electron chi connectivity index (χ2n) is 4.49. The molecule has 3 rings (SSSR count). The molecule has 0 unspecified atom stereocenters. The van der Waals surface area contributed by atoms with Crippen LogP contribution in [0, 0.1) is 0 Å². The van der Waals surface area contributed by atoms with E-state index in [4.69, 9.17) is 11.5 Å². The lowest BCUT2D eigenvalue weighted by Crippen LogP contribution is -2.17. The Kier molecular flexibility index (Phi) is 3.12. The number of carbonyl (C=O) groups excluding carboxylic acids is 1. The van der Waals surface area contributed by atoms with Gasteiger partial charge in [0.2, 0.25) is 0 Å². The summed E-state index contributed by atoms with van der Waals surface area (Å²) in [6.45, 7) is 0. The summed E-state index contributed by atoms with van der Waals surface area (Å²) in [6, 6.07) is 14.6. The molecule has 6 nitrogen and oxygen atoms in total. The zero-order valence-corrected chi connectivity index (χ0v) is 11.1. The monoisotopic (exact) mass is 279 g/mol. The molecule has 104 valence electrons. The van der Waals surface area contributed by atoms with Crippen LogP contribution in [0.15, 0.2) is 48.5 Å². The third-order valence-electron chi connectivity index (χ3n) is 3.00. The molecule has 0 bridgehead atoms. The topological polar surface area (TPSA) is 107 Å². The molecule has 0 fully saturated rings.